The number of aryl methyl sites for hydroxylation is 1. The summed E-state index contributed by atoms with van der Waals surface area (Å²) in [6.45, 7) is 1.71. The normalized spacial score (nSPS) is 11.9. The Morgan fingerprint density at radius 2 is 2.00 bits per heavy atom. The van der Waals surface area contributed by atoms with Gasteiger partial charge in [0, 0.05) is 23.6 Å². The first-order valence-electron chi connectivity index (χ1n) is 9.36. The molecule has 0 spiro atoms. The van der Waals surface area contributed by atoms with E-state index in [1.54, 1.807) is 19.1 Å². The maximum Gasteiger partial charge on any atom is 0.287 e. The van der Waals surface area contributed by atoms with Crippen LogP contribution in [0.15, 0.2) is 59.7 Å². The molecule has 1 unspecified atom stereocenters. The minimum absolute atomic E-state index is 0.0329. The average Bonchev–Trinajstić information content (AvgIpc) is 3.37. The summed E-state index contributed by atoms with van der Waals surface area (Å²) in [6.07, 6.45) is 5.77. The molecule has 0 aliphatic heterocycles. The van der Waals surface area contributed by atoms with Crippen molar-refractivity contribution in [1.82, 2.24) is 24.8 Å². The van der Waals surface area contributed by atoms with Gasteiger partial charge in [0.1, 0.15) is 35.3 Å². The fourth-order valence-corrected chi connectivity index (χ4v) is 3.33. The maximum atomic E-state index is 13.0. The quantitative estimate of drug-likeness (QED) is 0.427. The number of nitrogens with two attached hydrogens (primary N) is 1. The number of primary amides is 1. The number of fused-ring (bicyclic) bond motifs is 1. The van der Waals surface area contributed by atoms with E-state index < -0.39 is 23.6 Å². The van der Waals surface area contributed by atoms with Crippen molar-refractivity contribution in [1.29, 1.82) is 0 Å². The summed E-state index contributed by atoms with van der Waals surface area (Å²) in [7, 11) is 0. The lowest BCUT2D eigenvalue weighted by molar-refractivity contribution is -0.137. The number of carbonyl (C=O) groups is 3. The minimum Gasteiger partial charge on any atom is -0.464 e. The third-order valence-electron chi connectivity index (χ3n) is 4.82. The van der Waals surface area contributed by atoms with Gasteiger partial charge in [-0.2, -0.15) is 0 Å². The highest BCUT2D eigenvalue weighted by molar-refractivity contribution is 6.38. The van der Waals surface area contributed by atoms with Gasteiger partial charge in [-0.15, -0.1) is 0 Å². The third kappa shape index (κ3) is 3.90. The smallest absolute Gasteiger partial charge is 0.287 e. The second-order valence-electron chi connectivity index (χ2n) is 6.81. The van der Waals surface area contributed by atoms with Crippen LogP contribution < -0.4 is 11.1 Å². The number of carbonyl (C=O) groups excluding carboxylic acids is 3. The molecule has 31 heavy (non-hydrogen) atoms. The summed E-state index contributed by atoms with van der Waals surface area (Å²) < 4.78 is 7.02. The van der Waals surface area contributed by atoms with Gasteiger partial charge < -0.3 is 15.5 Å². The number of para-hydroxylation sites is 1. The zero-order valence-electron chi connectivity index (χ0n) is 16.5. The van der Waals surface area contributed by atoms with Crippen molar-refractivity contribution in [2.24, 2.45) is 5.73 Å². The van der Waals surface area contributed by atoms with Crippen LogP contribution in [-0.2, 0) is 16.0 Å². The Labute approximate surface area is 176 Å². The number of amides is 2. The average molecular weight is 418 g/mol. The van der Waals surface area contributed by atoms with E-state index in [0.717, 1.165) is 5.39 Å². The summed E-state index contributed by atoms with van der Waals surface area (Å²) in [6, 6.07) is 7.70. The van der Waals surface area contributed by atoms with Gasteiger partial charge >= 0.3 is 0 Å². The lowest BCUT2D eigenvalue weighted by Crippen LogP contribution is -2.47. The van der Waals surface area contributed by atoms with Gasteiger partial charge in [-0.3, -0.25) is 19.0 Å². The van der Waals surface area contributed by atoms with Crippen LogP contribution in [-0.4, -0.2) is 43.2 Å². The summed E-state index contributed by atoms with van der Waals surface area (Å²) in [5.74, 6) is -1.70. The van der Waals surface area contributed by atoms with E-state index in [1.165, 1.54) is 29.6 Å². The van der Waals surface area contributed by atoms with E-state index in [-0.39, 0.29) is 12.1 Å². The lowest BCUT2D eigenvalue weighted by Gasteiger charge is -2.16. The zero-order valence-corrected chi connectivity index (χ0v) is 16.5. The Hall–Kier alpha value is -4.34. The van der Waals surface area contributed by atoms with Gasteiger partial charge in [0.2, 0.25) is 5.78 Å². The van der Waals surface area contributed by atoms with Gasteiger partial charge in [0.25, 0.3) is 11.8 Å². The van der Waals surface area contributed by atoms with E-state index in [4.69, 9.17) is 10.2 Å². The predicted molar refractivity (Wildman–Crippen MR) is 109 cm³/mol. The van der Waals surface area contributed by atoms with E-state index in [0.29, 0.717) is 22.8 Å². The van der Waals surface area contributed by atoms with Crippen molar-refractivity contribution in [3.8, 4) is 5.82 Å². The highest BCUT2D eigenvalue weighted by atomic mass is 16.3. The number of imidazole rings is 1. The number of benzene rings is 1. The van der Waals surface area contributed by atoms with Gasteiger partial charge in [-0.05, 0) is 19.1 Å². The molecule has 10 nitrogen and oxygen atoms in total. The maximum absolute atomic E-state index is 13.0. The Morgan fingerprint density at radius 1 is 1.19 bits per heavy atom. The number of hydrogen-bond donors (Lipinski definition) is 2. The molecule has 3 aromatic heterocycles. The fourth-order valence-electron chi connectivity index (χ4n) is 3.33. The Bertz CT molecular complexity index is 1280. The molecule has 0 radical (unpaired) electrons. The number of nitrogens with zero attached hydrogens (tertiary/aromatic N) is 4. The minimum atomic E-state index is -1.18. The predicted octanol–water partition coefficient (Wildman–Crippen LogP) is 1.11. The SMILES string of the molecule is Cc1ncc(C(=O)NC(Cc2coc3ccccc23)C(=O)C(N)=O)n1-c1ccncn1. The Kier molecular flexibility index (Phi) is 5.27. The van der Waals surface area contributed by atoms with Gasteiger partial charge in [-0.1, -0.05) is 18.2 Å². The highest BCUT2D eigenvalue weighted by Gasteiger charge is 2.28. The summed E-state index contributed by atoms with van der Waals surface area (Å²) in [5, 5.41) is 3.38. The van der Waals surface area contributed by atoms with E-state index >= 15 is 0 Å². The molecule has 156 valence electrons. The molecule has 3 N–H and O–H groups in total. The van der Waals surface area contributed by atoms with Gasteiger partial charge in [0.05, 0.1) is 12.5 Å². The first-order chi connectivity index (χ1) is 15.0. The van der Waals surface area contributed by atoms with Crippen LogP contribution >= 0.6 is 0 Å². The van der Waals surface area contributed by atoms with Crippen LogP contribution in [0.5, 0.6) is 0 Å². The van der Waals surface area contributed by atoms with Crippen molar-refractivity contribution in [3.05, 3.63) is 72.4 Å². The molecule has 0 fully saturated rings. The highest BCUT2D eigenvalue weighted by Crippen LogP contribution is 2.22. The molecule has 0 saturated carbocycles. The monoisotopic (exact) mass is 418 g/mol. The second kappa shape index (κ2) is 8.19. The molecule has 0 aliphatic rings. The van der Waals surface area contributed by atoms with E-state index in [2.05, 4.69) is 20.3 Å². The molecule has 0 saturated heterocycles. The number of hydrogen-bond acceptors (Lipinski definition) is 7. The van der Waals surface area contributed by atoms with Crippen molar-refractivity contribution >= 4 is 28.6 Å². The third-order valence-corrected chi connectivity index (χ3v) is 4.82. The summed E-state index contributed by atoms with van der Waals surface area (Å²) in [5.41, 5.74) is 6.66. The largest absolute Gasteiger partial charge is 0.464 e. The van der Waals surface area contributed by atoms with Crippen LogP contribution in [0.3, 0.4) is 0 Å². The summed E-state index contributed by atoms with van der Waals surface area (Å²) in [4.78, 5) is 49.3. The van der Waals surface area contributed by atoms with Crippen LogP contribution in [0, 0.1) is 6.92 Å². The lowest BCUT2D eigenvalue weighted by atomic mass is 10.0. The first-order valence-corrected chi connectivity index (χ1v) is 9.36. The number of nitrogens with one attached hydrogen (secondary N) is 1. The molecule has 0 bridgehead atoms. The number of ketones is 1. The number of Topliss-reactive ketones (excluding diaryl/α,β-unsaturated/α-hetero) is 1. The molecule has 4 rings (SSSR count). The van der Waals surface area contributed by atoms with Crippen molar-refractivity contribution in [2.45, 2.75) is 19.4 Å². The van der Waals surface area contributed by atoms with Crippen LogP contribution in [0.1, 0.15) is 21.9 Å². The van der Waals surface area contributed by atoms with Crippen molar-refractivity contribution in [3.63, 3.8) is 0 Å². The second-order valence-corrected chi connectivity index (χ2v) is 6.81. The number of furan rings is 1. The molecule has 1 aromatic carbocycles. The number of rotatable bonds is 7. The molecule has 2 amide bonds. The van der Waals surface area contributed by atoms with E-state index in [1.807, 2.05) is 18.2 Å². The van der Waals surface area contributed by atoms with E-state index in [9.17, 15) is 14.4 Å². The fraction of sp³-hybridized carbons (Fsp3) is 0.143. The molecule has 4 aromatic rings. The van der Waals surface area contributed by atoms with Crippen LogP contribution in [0.4, 0.5) is 0 Å². The zero-order chi connectivity index (χ0) is 22.0. The molecular weight excluding hydrogens is 400 g/mol. The van der Waals surface area contributed by atoms with Gasteiger partial charge in [0.15, 0.2) is 0 Å². The molecule has 0 aliphatic carbocycles. The van der Waals surface area contributed by atoms with Gasteiger partial charge in [-0.25, -0.2) is 15.0 Å². The topological polar surface area (TPSA) is 146 Å². The molecular formula is C21H18N6O4. The van der Waals surface area contributed by atoms with Crippen LogP contribution in [0.25, 0.3) is 16.8 Å². The van der Waals surface area contributed by atoms with Crippen molar-refractivity contribution < 1.29 is 18.8 Å². The summed E-state index contributed by atoms with van der Waals surface area (Å²) >= 11 is 0. The molecule has 3 heterocycles. The number of aromatic nitrogens is 4. The Balaban J connectivity index is 1.65. The standard InChI is InChI=1S/C21H18N6O4/c1-12-24-9-16(27(12)18-6-7-23-11-25-18)21(30)26-15(19(28)20(22)29)8-13-10-31-17-5-3-2-4-14(13)17/h2-7,9-11,15H,8H2,1H3,(H2,22,29)(H,26,30). The first kappa shape index (κ1) is 20.0. The van der Waals surface area contributed by atoms with Crippen molar-refractivity contribution in [2.75, 3.05) is 0 Å². The van der Waals surface area contributed by atoms with Crippen LogP contribution in [0.2, 0.25) is 0 Å². The molecule has 1 atom stereocenters. The molecule has 10 heteroatoms. The Morgan fingerprint density at radius 3 is 2.74 bits per heavy atom.